The number of rotatable bonds is 3. The fourth-order valence-electron chi connectivity index (χ4n) is 6.34. The van der Waals surface area contributed by atoms with Gasteiger partial charge in [0.2, 0.25) is 0 Å². The van der Waals surface area contributed by atoms with Crippen LogP contribution < -0.4 is 0 Å². The molecule has 0 nitrogen and oxygen atoms in total. The van der Waals surface area contributed by atoms with Gasteiger partial charge in [0, 0.05) is 3.57 Å². The lowest BCUT2D eigenvalue weighted by atomic mass is 9.84. The molecule has 0 N–H and O–H groups in total. The van der Waals surface area contributed by atoms with Crippen LogP contribution in [0.25, 0.3) is 76.5 Å². The van der Waals surface area contributed by atoms with Crippen molar-refractivity contribution < 1.29 is 0 Å². The molecule has 192 valence electrons. The van der Waals surface area contributed by atoms with Crippen molar-refractivity contribution in [1.82, 2.24) is 0 Å². The maximum atomic E-state index is 2.41. The zero-order valence-corrected chi connectivity index (χ0v) is 24.5. The summed E-state index contributed by atoms with van der Waals surface area (Å²) < 4.78 is 1.24. The highest BCUT2D eigenvalue weighted by Crippen LogP contribution is 2.45. The van der Waals surface area contributed by atoms with Crippen molar-refractivity contribution in [3.8, 4) is 33.4 Å². The Balaban J connectivity index is 1.51. The number of benzene rings is 8. The molecular formula is C40H25I. The van der Waals surface area contributed by atoms with Crippen LogP contribution in [0.2, 0.25) is 0 Å². The normalized spacial score (nSPS) is 11.5. The molecule has 41 heavy (non-hydrogen) atoms. The summed E-state index contributed by atoms with van der Waals surface area (Å²) in [6, 6.07) is 55.8. The van der Waals surface area contributed by atoms with Crippen LogP contribution in [0.4, 0.5) is 0 Å². The fraction of sp³-hybridized carbons (Fsp3) is 0. The second-order valence-electron chi connectivity index (χ2n) is 10.7. The molecule has 0 bridgehead atoms. The highest BCUT2D eigenvalue weighted by atomic mass is 127. The summed E-state index contributed by atoms with van der Waals surface area (Å²) in [7, 11) is 0. The molecule has 1 heteroatoms. The molecule has 0 atom stereocenters. The van der Waals surface area contributed by atoms with Crippen LogP contribution in [0.15, 0.2) is 152 Å². The summed E-state index contributed by atoms with van der Waals surface area (Å²) in [6.45, 7) is 0. The summed E-state index contributed by atoms with van der Waals surface area (Å²) >= 11 is 2.41. The molecule has 0 aromatic heterocycles. The monoisotopic (exact) mass is 632 g/mol. The molecule has 0 radical (unpaired) electrons. The molecule has 0 spiro atoms. The van der Waals surface area contributed by atoms with E-state index in [4.69, 9.17) is 0 Å². The zero-order chi connectivity index (χ0) is 27.3. The maximum Gasteiger partial charge on any atom is 0.0136 e. The van der Waals surface area contributed by atoms with E-state index < -0.39 is 0 Å². The van der Waals surface area contributed by atoms with E-state index in [0.717, 1.165) is 0 Å². The molecule has 0 fully saturated rings. The van der Waals surface area contributed by atoms with Crippen molar-refractivity contribution in [2.45, 2.75) is 0 Å². The van der Waals surface area contributed by atoms with E-state index >= 15 is 0 Å². The average Bonchev–Trinajstić information content (AvgIpc) is 3.03. The van der Waals surface area contributed by atoms with Gasteiger partial charge in [0.25, 0.3) is 0 Å². The summed E-state index contributed by atoms with van der Waals surface area (Å²) in [5, 5.41) is 10.1. The summed E-state index contributed by atoms with van der Waals surface area (Å²) in [5.74, 6) is 0. The highest BCUT2D eigenvalue weighted by Gasteiger charge is 2.18. The minimum absolute atomic E-state index is 1.23. The van der Waals surface area contributed by atoms with Crippen LogP contribution in [0, 0.1) is 3.57 Å². The van der Waals surface area contributed by atoms with E-state index in [1.54, 1.807) is 0 Å². The van der Waals surface area contributed by atoms with E-state index in [0.29, 0.717) is 0 Å². The molecule has 0 aliphatic rings. The third-order valence-electron chi connectivity index (χ3n) is 8.26. The Morgan fingerprint density at radius 1 is 0.293 bits per heavy atom. The lowest BCUT2D eigenvalue weighted by molar-refractivity contribution is 1.60. The van der Waals surface area contributed by atoms with Gasteiger partial charge in [-0.25, -0.2) is 0 Å². The minimum atomic E-state index is 1.23. The summed E-state index contributed by atoms with van der Waals surface area (Å²) in [4.78, 5) is 0. The third kappa shape index (κ3) is 4.20. The predicted octanol–water partition coefficient (Wildman–Crippen LogP) is 11.9. The van der Waals surface area contributed by atoms with Crippen molar-refractivity contribution in [3.63, 3.8) is 0 Å². The van der Waals surface area contributed by atoms with Gasteiger partial charge in [-0.2, -0.15) is 0 Å². The molecule has 8 aromatic rings. The number of halogens is 1. The van der Waals surface area contributed by atoms with Gasteiger partial charge in [-0.05, 0) is 129 Å². The minimum Gasteiger partial charge on any atom is -0.0616 e. The quantitative estimate of drug-likeness (QED) is 0.134. The van der Waals surface area contributed by atoms with Crippen LogP contribution in [-0.2, 0) is 0 Å². The van der Waals surface area contributed by atoms with Crippen molar-refractivity contribution in [2.24, 2.45) is 0 Å². The first-order valence-electron chi connectivity index (χ1n) is 14.0. The topological polar surface area (TPSA) is 0 Å². The Morgan fingerprint density at radius 2 is 0.780 bits per heavy atom. The van der Waals surface area contributed by atoms with Gasteiger partial charge in [-0.15, -0.1) is 0 Å². The SMILES string of the molecule is Ic1cccc(-c2ccc3c(-c4ccc5ccccc5c4)c4ccccc4c(-c4ccc5ccccc5c4)c3c2)c1. The molecule has 0 unspecified atom stereocenters. The number of hydrogen-bond donors (Lipinski definition) is 0. The molecular weight excluding hydrogens is 607 g/mol. The Bertz CT molecular complexity index is 2270. The van der Waals surface area contributed by atoms with Crippen LogP contribution in [0.3, 0.4) is 0 Å². The highest BCUT2D eigenvalue weighted by molar-refractivity contribution is 14.1. The van der Waals surface area contributed by atoms with Crippen LogP contribution in [-0.4, -0.2) is 0 Å². The van der Waals surface area contributed by atoms with Gasteiger partial charge in [-0.3, -0.25) is 0 Å². The second-order valence-corrected chi connectivity index (χ2v) is 11.9. The van der Waals surface area contributed by atoms with Gasteiger partial charge < -0.3 is 0 Å². The fourth-order valence-corrected chi connectivity index (χ4v) is 6.88. The molecule has 0 aliphatic carbocycles. The van der Waals surface area contributed by atoms with Crippen molar-refractivity contribution in [3.05, 3.63) is 155 Å². The van der Waals surface area contributed by atoms with Crippen LogP contribution >= 0.6 is 22.6 Å². The van der Waals surface area contributed by atoms with Crippen LogP contribution in [0.1, 0.15) is 0 Å². The lowest BCUT2D eigenvalue weighted by Gasteiger charge is -2.19. The van der Waals surface area contributed by atoms with Gasteiger partial charge >= 0.3 is 0 Å². The lowest BCUT2D eigenvalue weighted by Crippen LogP contribution is -1.92. The molecule has 0 aliphatic heterocycles. The second kappa shape index (κ2) is 9.87. The molecule has 8 rings (SSSR count). The number of fused-ring (bicyclic) bond motifs is 4. The first-order valence-corrected chi connectivity index (χ1v) is 15.0. The van der Waals surface area contributed by atoms with Gasteiger partial charge in [0.15, 0.2) is 0 Å². The van der Waals surface area contributed by atoms with Crippen molar-refractivity contribution >= 4 is 65.7 Å². The van der Waals surface area contributed by atoms with Gasteiger partial charge in [-0.1, -0.05) is 121 Å². The van der Waals surface area contributed by atoms with E-state index in [9.17, 15) is 0 Å². The molecule has 0 heterocycles. The molecule has 0 amide bonds. The van der Waals surface area contributed by atoms with E-state index in [-0.39, 0.29) is 0 Å². The van der Waals surface area contributed by atoms with E-state index in [2.05, 4.69) is 174 Å². The predicted molar refractivity (Wildman–Crippen MR) is 185 cm³/mol. The van der Waals surface area contributed by atoms with Crippen molar-refractivity contribution in [1.29, 1.82) is 0 Å². The first kappa shape index (κ1) is 24.3. The molecule has 8 aromatic carbocycles. The summed E-state index contributed by atoms with van der Waals surface area (Å²) in [6.07, 6.45) is 0. The molecule has 0 saturated carbocycles. The smallest absolute Gasteiger partial charge is 0.0136 e. The Hall–Kier alpha value is -4.47. The van der Waals surface area contributed by atoms with Gasteiger partial charge in [0.05, 0.1) is 0 Å². The Kier molecular flexibility index (Phi) is 5.86. The third-order valence-corrected chi connectivity index (χ3v) is 8.93. The molecule has 0 saturated heterocycles. The van der Waals surface area contributed by atoms with Crippen molar-refractivity contribution in [2.75, 3.05) is 0 Å². The first-order chi connectivity index (χ1) is 20.2. The Morgan fingerprint density at radius 3 is 1.39 bits per heavy atom. The van der Waals surface area contributed by atoms with E-state index in [1.807, 2.05) is 0 Å². The largest absolute Gasteiger partial charge is 0.0616 e. The van der Waals surface area contributed by atoms with Crippen LogP contribution in [0.5, 0.6) is 0 Å². The maximum absolute atomic E-state index is 2.41. The Labute approximate surface area is 253 Å². The standard InChI is InChI=1S/C40H25I/c41-34-13-7-12-30(24-34)31-20-21-37-38(25-31)40(33-19-17-27-9-2-4-11-29(27)23-33)36-15-6-5-14-35(36)39(37)32-18-16-26-8-1-3-10-28(26)22-32/h1-25H. The summed E-state index contributed by atoms with van der Waals surface area (Å²) in [5.41, 5.74) is 7.55. The number of hydrogen-bond acceptors (Lipinski definition) is 0. The average molecular weight is 633 g/mol. The zero-order valence-electron chi connectivity index (χ0n) is 22.3. The van der Waals surface area contributed by atoms with E-state index in [1.165, 1.54) is 80.0 Å². The van der Waals surface area contributed by atoms with Gasteiger partial charge in [0.1, 0.15) is 0 Å².